The number of methoxy groups -OCH3 is 1. The summed E-state index contributed by atoms with van der Waals surface area (Å²) >= 11 is 0. The molecule has 1 aliphatic rings. The minimum Gasteiger partial charge on any atom is -0.495 e. The molecule has 25 heavy (non-hydrogen) atoms. The molecule has 1 fully saturated rings. The number of nitrogens with zero attached hydrogens (tertiary/aromatic N) is 1. The fourth-order valence-electron chi connectivity index (χ4n) is 3.07. The van der Waals surface area contributed by atoms with Crippen LogP contribution >= 0.6 is 0 Å². The third-order valence-electron chi connectivity index (χ3n) is 4.69. The van der Waals surface area contributed by atoms with Gasteiger partial charge >= 0.3 is 6.03 Å². The Morgan fingerprint density at radius 3 is 2.76 bits per heavy atom. The second-order valence-electron chi connectivity index (χ2n) is 6.55. The highest BCUT2D eigenvalue weighted by Gasteiger charge is 2.32. The Morgan fingerprint density at radius 1 is 1.28 bits per heavy atom. The fourth-order valence-corrected chi connectivity index (χ4v) is 3.07. The normalized spacial score (nSPS) is 20.0. The van der Waals surface area contributed by atoms with Crippen LogP contribution in [-0.4, -0.2) is 43.1 Å². The number of hydrogen-bond acceptors (Lipinski definition) is 3. The zero-order chi connectivity index (χ0) is 18.2. The lowest BCUT2D eigenvalue weighted by atomic mass is 9.93. The van der Waals surface area contributed by atoms with Crippen LogP contribution in [0.4, 0.5) is 10.5 Å². The third kappa shape index (κ3) is 5.11. The van der Waals surface area contributed by atoms with Gasteiger partial charge in [-0.1, -0.05) is 25.5 Å². The van der Waals surface area contributed by atoms with Gasteiger partial charge in [0.15, 0.2) is 0 Å². The largest absolute Gasteiger partial charge is 0.495 e. The summed E-state index contributed by atoms with van der Waals surface area (Å²) in [5, 5.41) is 5.88. The van der Waals surface area contributed by atoms with Crippen LogP contribution in [-0.2, 0) is 4.79 Å². The Hall–Kier alpha value is -2.24. The van der Waals surface area contributed by atoms with E-state index in [1.165, 1.54) is 0 Å². The fraction of sp³-hybridized carbons (Fsp3) is 0.579. The predicted molar refractivity (Wildman–Crippen MR) is 98.8 cm³/mol. The molecule has 0 bridgehead atoms. The van der Waals surface area contributed by atoms with Crippen LogP contribution in [0.2, 0.25) is 0 Å². The van der Waals surface area contributed by atoms with Crippen LogP contribution in [0.1, 0.15) is 39.5 Å². The van der Waals surface area contributed by atoms with Crippen molar-refractivity contribution in [3.05, 3.63) is 24.3 Å². The molecule has 0 radical (unpaired) electrons. The van der Waals surface area contributed by atoms with Crippen molar-refractivity contribution < 1.29 is 14.3 Å². The Labute approximate surface area is 149 Å². The van der Waals surface area contributed by atoms with Crippen molar-refractivity contribution in [3.8, 4) is 5.75 Å². The number of carbonyl (C=O) groups is 2. The zero-order valence-corrected chi connectivity index (χ0v) is 15.4. The van der Waals surface area contributed by atoms with Crippen LogP contribution in [0, 0.1) is 5.92 Å². The first kappa shape index (κ1) is 19.1. The highest BCUT2D eigenvalue weighted by atomic mass is 16.5. The van der Waals surface area contributed by atoms with E-state index in [2.05, 4.69) is 17.6 Å². The van der Waals surface area contributed by atoms with E-state index in [1.807, 2.05) is 19.1 Å². The smallest absolute Gasteiger partial charge is 0.322 e. The topological polar surface area (TPSA) is 70.7 Å². The maximum atomic E-state index is 12.7. The van der Waals surface area contributed by atoms with E-state index in [1.54, 1.807) is 24.1 Å². The van der Waals surface area contributed by atoms with Crippen molar-refractivity contribution in [1.82, 2.24) is 10.2 Å². The van der Waals surface area contributed by atoms with Gasteiger partial charge in [0.2, 0.25) is 5.91 Å². The molecule has 0 aromatic heterocycles. The molecule has 1 heterocycles. The molecule has 3 amide bonds. The number of ether oxygens (including phenoxy) is 1. The molecule has 1 aromatic carbocycles. The van der Waals surface area contributed by atoms with E-state index >= 15 is 0 Å². The summed E-state index contributed by atoms with van der Waals surface area (Å²) in [5.74, 6) is 0.529. The average Bonchev–Trinajstić information content (AvgIpc) is 2.62. The minimum atomic E-state index is -0.192. The second-order valence-corrected chi connectivity index (χ2v) is 6.55. The summed E-state index contributed by atoms with van der Waals surface area (Å²) in [6.45, 7) is 5.26. The molecular weight excluding hydrogens is 318 g/mol. The summed E-state index contributed by atoms with van der Waals surface area (Å²) in [4.78, 5) is 26.8. The van der Waals surface area contributed by atoms with Crippen LogP contribution in [0.3, 0.4) is 0 Å². The molecule has 138 valence electrons. The lowest BCUT2D eigenvalue weighted by Gasteiger charge is -2.37. The number of para-hydroxylation sites is 2. The van der Waals surface area contributed by atoms with E-state index < -0.39 is 0 Å². The molecule has 6 heteroatoms. The predicted octanol–water partition coefficient (Wildman–Crippen LogP) is 3.24. The van der Waals surface area contributed by atoms with Gasteiger partial charge in [-0.25, -0.2) is 4.79 Å². The Morgan fingerprint density at radius 2 is 2.04 bits per heavy atom. The number of unbranched alkanes of at least 4 members (excludes halogenated alkanes) is 1. The van der Waals surface area contributed by atoms with Crippen LogP contribution in [0.15, 0.2) is 24.3 Å². The van der Waals surface area contributed by atoms with Gasteiger partial charge in [-0.05, 0) is 38.3 Å². The number of carbonyl (C=O) groups excluding carboxylic acids is 2. The standard InChI is InChI=1S/C19H29N3O3/c1-4-5-12-20-18(23)15-11-10-14(2)22(13-15)19(24)21-16-8-6-7-9-17(16)25-3/h6-9,14-15H,4-5,10-13H2,1-3H3,(H,20,23)(H,21,24). The van der Waals surface area contributed by atoms with Gasteiger partial charge in [0, 0.05) is 19.1 Å². The van der Waals surface area contributed by atoms with Crippen molar-refractivity contribution in [3.63, 3.8) is 0 Å². The van der Waals surface area contributed by atoms with Crippen LogP contribution in [0.5, 0.6) is 5.75 Å². The number of benzene rings is 1. The lowest BCUT2D eigenvalue weighted by Crippen LogP contribution is -2.50. The quantitative estimate of drug-likeness (QED) is 0.776. The van der Waals surface area contributed by atoms with Gasteiger partial charge in [-0.3, -0.25) is 4.79 Å². The first-order chi connectivity index (χ1) is 12.1. The second kappa shape index (κ2) is 9.30. The number of urea groups is 1. The Balaban J connectivity index is 1.98. The van der Waals surface area contributed by atoms with Crippen molar-refractivity contribution in [2.24, 2.45) is 5.92 Å². The number of rotatable bonds is 6. The van der Waals surface area contributed by atoms with Gasteiger partial charge in [0.05, 0.1) is 18.7 Å². The van der Waals surface area contributed by atoms with E-state index in [0.29, 0.717) is 24.5 Å². The summed E-state index contributed by atoms with van der Waals surface area (Å²) in [7, 11) is 1.57. The van der Waals surface area contributed by atoms with Gasteiger partial charge in [0.1, 0.15) is 5.75 Å². The van der Waals surface area contributed by atoms with Crippen molar-refractivity contribution in [2.75, 3.05) is 25.5 Å². The highest BCUT2D eigenvalue weighted by molar-refractivity contribution is 5.91. The number of hydrogen-bond donors (Lipinski definition) is 2. The SMILES string of the molecule is CCCCNC(=O)C1CCC(C)N(C(=O)Nc2ccccc2OC)C1. The van der Waals surface area contributed by atoms with Gasteiger partial charge in [-0.2, -0.15) is 0 Å². The van der Waals surface area contributed by atoms with Gasteiger partial charge < -0.3 is 20.3 Å². The van der Waals surface area contributed by atoms with E-state index in [-0.39, 0.29) is 23.9 Å². The molecule has 1 aromatic rings. The number of amides is 3. The number of anilines is 1. The molecule has 1 saturated heterocycles. The lowest BCUT2D eigenvalue weighted by molar-refractivity contribution is -0.126. The number of piperidine rings is 1. The molecule has 0 spiro atoms. The maximum absolute atomic E-state index is 12.7. The van der Waals surface area contributed by atoms with Crippen molar-refractivity contribution in [2.45, 2.75) is 45.6 Å². The van der Waals surface area contributed by atoms with Crippen molar-refractivity contribution in [1.29, 1.82) is 0 Å². The monoisotopic (exact) mass is 347 g/mol. The average molecular weight is 347 g/mol. The molecule has 2 rings (SSSR count). The Bertz CT molecular complexity index is 591. The molecule has 0 saturated carbocycles. The minimum absolute atomic E-state index is 0.0513. The molecular formula is C19H29N3O3. The maximum Gasteiger partial charge on any atom is 0.322 e. The molecule has 2 unspecified atom stereocenters. The molecule has 2 atom stereocenters. The first-order valence-electron chi connectivity index (χ1n) is 9.05. The van der Waals surface area contributed by atoms with Gasteiger partial charge in [0.25, 0.3) is 0 Å². The Kier molecular flexibility index (Phi) is 7.10. The molecule has 2 N–H and O–H groups in total. The highest BCUT2D eigenvalue weighted by Crippen LogP contribution is 2.26. The summed E-state index contributed by atoms with van der Waals surface area (Å²) in [6.07, 6.45) is 3.67. The van der Waals surface area contributed by atoms with Crippen LogP contribution in [0.25, 0.3) is 0 Å². The molecule has 0 aliphatic carbocycles. The van der Waals surface area contributed by atoms with Gasteiger partial charge in [-0.15, -0.1) is 0 Å². The number of likely N-dealkylation sites (tertiary alicyclic amines) is 1. The summed E-state index contributed by atoms with van der Waals surface area (Å²) in [5.41, 5.74) is 0.636. The van der Waals surface area contributed by atoms with Crippen molar-refractivity contribution >= 4 is 17.6 Å². The third-order valence-corrected chi connectivity index (χ3v) is 4.69. The zero-order valence-electron chi connectivity index (χ0n) is 15.4. The first-order valence-corrected chi connectivity index (χ1v) is 9.05. The molecule has 1 aliphatic heterocycles. The number of nitrogens with one attached hydrogen (secondary N) is 2. The molecule has 6 nitrogen and oxygen atoms in total. The summed E-state index contributed by atoms with van der Waals surface area (Å²) in [6, 6.07) is 7.23. The van der Waals surface area contributed by atoms with E-state index in [9.17, 15) is 9.59 Å². The van der Waals surface area contributed by atoms with Crippen LogP contribution < -0.4 is 15.4 Å². The van der Waals surface area contributed by atoms with E-state index in [4.69, 9.17) is 4.74 Å². The van der Waals surface area contributed by atoms with E-state index in [0.717, 1.165) is 25.7 Å². The summed E-state index contributed by atoms with van der Waals surface area (Å²) < 4.78 is 5.28.